The lowest BCUT2D eigenvalue weighted by Gasteiger charge is -2.13. The first-order valence-corrected chi connectivity index (χ1v) is 6.75. The Kier molecular flexibility index (Phi) is 4.93. The average molecular weight is 295 g/mol. The minimum Gasteiger partial charge on any atom is -0.436 e. The van der Waals surface area contributed by atoms with Crippen LogP contribution in [0, 0.1) is 5.82 Å². The van der Waals surface area contributed by atoms with Gasteiger partial charge in [0.05, 0.1) is 5.02 Å². The van der Waals surface area contributed by atoms with E-state index in [0.29, 0.717) is 18.5 Å². The Morgan fingerprint density at radius 2 is 2.10 bits per heavy atom. The predicted molar refractivity (Wildman–Crippen MR) is 77.7 cm³/mol. The van der Waals surface area contributed by atoms with Crippen LogP contribution >= 0.6 is 11.6 Å². The molecule has 5 heteroatoms. The molecule has 106 valence electrons. The Hall–Kier alpha value is -1.65. The van der Waals surface area contributed by atoms with Crippen molar-refractivity contribution in [3.8, 4) is 11.6 Å². The lowest BCUT2D eigenvalue weighted by Crippen LogP contribution is -2.22. The van der Waals surface area contributed by atoms with Crippen molar-refractivity contribution in [2.24, 2.45) is 0 Å². The number of ether oxygens (including phenoxy) is 1. The first-order chi connectivity index (χ1) is 9.58. The van der Waals surface area contributed by atoms with Crippen LogP contribution in [0.25, 0.3) is 0 Å². The zero-order chi connectivity index (χ0) is 14.5. The van der Waals surface area contributed by atoms with Crippen LogP contribution in [-0.2, 0) is 6.54 Å². The van der Waals surface area contributed by atoms with Gasteiger partial charge < -0.3 is 10.1 Å². The van der Waals surface area contributed by atoms with Crippen LogP contribution in [-0.4, -0.2) is 11.0 Å². The van der Waals surface area contributed by atoms with Gasteiger partial charge >= 0.3 is 0 Å². The number of rotatable bonds is 5. The van der Waals surface area contributed by atoms with E-state index in [9.17, 15) is 4.39 Å². The molecular weight excluding hydrogens is 279 g/mol. The molecule has 2 aromatic rings. The molecule has 2 rings (SSSR count). The molecule has 0 aliphatic carbocycles. The van der Waals surface area contributed by atoms with Crippen LogP contribution in [0.3, 0.4) is 0 Å². The van der Waals surface area contributed by atoms with Crippen molar-refractivity contribution >= 4 is 11.6 Å². The first kappa shape index (κ1) is 14.8. The van der Waals surface area contributed by atoms with Gasteiger partial charge in [0, 0.05) is 24.3 Å². The number of benzene rings is 1. The molecule has 0 saturated carbocycles. The van der Waals surface area contributed by atoms with E-state index in [0.717, 1.165) is 5.56 Å². The molecule has 0 bridgehead atoms. The second-order valence-corrected chi connectivity index (χ2v) is 5.06. The van der Waals surface area contributed by atoms with Gasteiger partial charge in [0.15, 0.2) is 11.6 Å². The van der Waals surface area contributed by atoms with Crippen molar-refractivity contribution in [2.75, 3.05) is 0 Å². The van der Waals surface area contributed by atoms with E-state index in [-0.39, 0.29) is 10.8 Å². The van der Waals surface area contributed by atoms with E-state index in [1.807, 2.05) is 26.0 Å². The van der Waals surface area contributed by atoms with Crippen molar-refractivity contribution in [1.29, 1.82) is 0 Å². The molecule has 0 unspecified atom stereocenters. The molecule has 0 aliphatic rings. The summed E-state index contributed by atoms with van der Waals surface area (Å²) in [4.78, 5) is 4.15. The molecule has 0 aliphatic heterocycles. The molecule has 0 spiro atoms. The van der Waals surface area contributed by atoms with Crippen LogP contribution in [0.4, 0.5) is 4.39 Å². The van der Waals surface area contributed by atoms with Crippen molar-refractivity contribution < 1.29 is 9.13 Å². The molecule has 0 radical (unpaired) electrons. The lowest BCUT2D eigenvalue weighted by molar-refractivity contribution is 0.419. The smallest absolute Gasteiger partial charge is 0.223 e. The fourth-order valence-corrected chi connectivity index (χ4v) is 1.80. The van der Waals surface area contributed by atoms with Gasteiger partial charge in [0.1, 0.15) is 0 Å². The highest BCUT2D eigenvalue weighted by Gasteiger charge is 2.12. The molecule has 0 atom stereocenters. The highest BCUT2D eigenvalue weighted by Crippen LogP contribution is 2.29. The fraction of sp³-hybridized carbons (Fsp3) is 0.267. The Balaban J connectivity index is 2.22. The minimum atomic E-state index is -0.581. The molecule has 0 saturated heterocycles. The van der Waals surface area contributed by atoms with Gasteiger partial charge in [-0.05, 0) is 18.2 Å². The number of pyridine rings is 1. The van der Waals surface area contributed by atoms with Crippen LogP contribution in [0.1, 0.15) is 19.4 Å². The van der Waals surface area contributed by atoms with E-state index in [1.165, 1.54) is 12.1 Å². The summed E-state index contributed by atoms with van der Waals surface area (Å²) in [6.07, 6.45) is 1.61. The number of nitrogens with one attached hydrogen (secondary N) is 1. The third-order valence-corrected chi connectivity index (χ3v) is 2.97. The van der Waals surface area contributed by atoms with E-state index in [4.69, 9.17) is 16.3 Å². The summed E-state index contributed by atoms with van der Waals surface area (Å²) in [7, 11) is 0. The summed E-state index contributed by atoms with van der Waals surface area (Å²) >= 11 is 5.73. The highest BCUT2D eigenvalue weighted by atomic mass is 35.5. The van der Waals surface area contributed by atoms with Crippen molar-refractivity contribution in [2.45, 2.75) is 26.4 Å². The topological polar surface area (TPSA) is 34.2 Å². The van der Waals surface area contributed by atoms with Crippen LogP contribution < -0.4 is 10.1 Å². The quantitative estimate of drug-likeness (QED) is 0.899. The second-order valence-electron chi connectivity index (χ2n) is 4.66. The van der Waals surface area contributed by atoms with Gasteiger partial charge in [-0.2, -0.15) is 0 Å². The summed E-state index contributed by atoms with van der Waals surface area (Å²) < 4.78 is 19.4. The molecule has 0 amide bonds. The molecule has 3 nitrogen and oxygen atoms in total. The third-order valence-electron chi connectivity index (χ3n) is 2.67. The Bertz CT molecular complexity index is 590. The molecule has 1 heterocycles. The second kappa shape index (κ2) is 6.68. The van der Waals surface area contributed by atoms with Crippen molar-refractivity contribution in [1.82, 2.24) is 10.3 Å². The van der Waals surface area contributed by atoms with Crippen LogP contribution in [0.2, 0.25) is 5.02 Å². The number of hydrogen-bond acceptors (Lipinski definition) is 3. The zero-order valence-corrected chi connectivity index (χ0v) is 12.1. The zero-order valence-electron chi connectivity index (χ0n) is 11.4. The Morgan fingerprint density at radius 1 is 1.30 bits per heavy atom. The first-order valence-electron chi connectivity index (χ1n) is 6.37. The SMILES string of the molecule is CC(C)NCc1cccnc1Oc1cccc(Cl)c1F. The predicted octanol–water partition coefficient (Wildman–Crippen LogP) is 4.16. The summed E-state index contributed by atoms with van der Waals surface area (Å²) in [5, 5.41) is 3.30. The molecular formula is C15H16ClFN2O. The van der Waals surface area contributed by atoms with Gasteiger partial charge in [-0.3, -0.25) is 0 Å². The summed E-state index contributed by atoms with van der Waals surface area (Å²) in [6, 6.07) is 8.68. The molecule has 1 aromatic heterocycles. The standard InChI is InChI=1S/C15H16ClFN2O/c1-10(2)19-9-11-5-4-8-18-15(11)20-13-7-3-6-12(16)14(13)17/h3-8,10,19H,9H2,1-2H3. The normalized spacial score (nSPS) is 10.8. The van der Waals surface area contributed by atoms with E-state index >= 15 is 0 Å². The summed E-state index contributed by atoms with van der Waals surface area (Å²) in [5.41, 5.74) is 0.862. The average Bonchev–Trinajstić information content (AvgIpc) is 2.43. The van der Waals surface area contributed by atoms with E-state index in [2.05, 4.69) is 10.3 Å². The van der Waals surface area contributed by atoms with Crippen LogP contribution in [0.15, 0.2) is 36.5 Å². The maximum Gasteiger partial charge on any atom is 0.223 e. The van der Waals surface area contributed by atoms with E-state index < -0.39 is 5.82 Å². The Morgan fingerprint density at radius 3 is 2.85 bits per heavy atom. The molecule has 1 aromatic carbocycles. The third kappa shape index (κ3) is 3.68. The van der Waals surface area contributed by atoms with Crippen LogP contribution in [0.5, 0.6) is 11.6 Å². The highest BCUT2D eigenvalue weighted by molar-refractivity contribution is 6.30. The number of nitrogens with zero attached hydrogens (tertiary/aromatic N) is 1. The largest absolute Gasteiger partial charge is 0.436 e. The number of aromatic nitrogens is 1. The number of hydrogen-bond donors (Lipinski definition) is 1. The molecule has 0 fully saturated rings. The van der Waals surface area contributed by atoms with Gasteiger partial charge in [-0.1, -0.05) is 37.6 Å². The monoisotopic (exact) mass is 294 g/mol. The Labute approximate surface area is 122 Å². The van der Waals surface area contributed by atoms with Gasteiger partial charge in [-0.15, -0.1) is 0 Å². The van der Waals surface area contributed by atoms with Crippen molar-refractivity contribution in [3.63, 3.8) is 0 Å². The van der Waals surface area contributed by atoms with Gasteiger partial charge in [0.25, 0.3) is 0 Å². The van der Waals surface area contributed by atoms with E-state index in [1.54, 1.807) is 12.3 Å². The maximum absolute atomic E-state index is 13.8. The molecule has 20 heavy (non-hydrogen) atoms. The van der Waals surface area contributed by atoms with Crippen molar-refractivity contribution in [3.05, 3.63) is 52.9 Å². The maximum atomic E-state index is 13.8. The fourth-order valence-electron chi connectivity index (χ4n) is 1.63. The summed E-state index contributed by atoms with van der Waals surface area (Å²) in [6.45, 7) is 4.70. The van der Waals surface area contributed by atoms with Gasteiger partial charge in [0.2, 0.25) is 5.88 Å². The minimum absolute atomic E-state index is 0.0280. The van der Waals surface area contributed by atoms with Gasteiger partial charge in [-0.25, -0.2) is 9.37 Å². The summed E-state index contributed by atoms with van der Waals surface area (Å²) in [5.74, 6) is -0.133. The molecule has 1 N–H and O–H groups in total. The number of halogens is 2. The lowest BCUT2D eigenvalue weighted by atomic mass is 10.2.